The van der Waals surface area contributed by atoms with Crippen LogP contribution in [-0.2, 0) is 16.8 Å². The first-order valence-corrected chi connectivity index (χ1v) is 10.6. The number of rotatable bonds is 8. The highest BCUT2D eigenvalue weighted by molar-refractivity contribution is 7.87. The first kappa shape index (κ1) is 19.6. The fourth-order valence-corrected chi connectivity index (χ4v) is 4.15. The van der Waals surface area contributed by atoms with Crippen LogP contribution in [0.2, 0.25) is 0 Å². The summed E-state index contributed by atoms with van der Waals surface area (Å²) in [7, 11) is -3.46. The predicted octanol–water partition coefficient (Wildman–Crippen LogP) is 3.09. The van der Waals surface area contributed by atoms with Gasteiger partial charge in [-0.2, -0.15) is 17.4 Å². The van der Waals surface area contributed by atoms with Crippen LogP contribution in [0.5, 0.6) is 17.4 Å². The van der Waals surface area contributed by atoms with Crippen LogP contribution in [0.3, 0.4) is 0 Å². The Morgan fingerprint density at radius 1 is 1.07 bits per heavy atom. The third kappa shape index (κ3) is 5.66. The number of piperidine rings is 1. The molecule has 0 amide bonds. The van der Waals surface area contributed by atoms with E-state index in [1.807, 2.05) is 19.1 Å². The zero-order valence-corrected chi connectivity index (χ0v) is 16.2. The molecular weight excluding hydrogens is 366 g/mol. The Morgan fingerprint density at radius 2 is 1.78 bits per heavy atom. The summed E-state index contributed by atoms with van der Waals surface area (Å²) in [5.74, 6) is 1.82. The van der Waals surface area contributed by atoms with Crippen LogP contribution in [0.15, 0.2) is 42.6 Å². The molecule has 3 rings (SSSR count). The van der Waals surface area contributed by atoms with Gasteiger partial charge in [-0.25, -0.2) is 4.98 Å². The van der Waals surface area contributed by atoms with Gasteiger partial charge < -0.3 is 9.47 Å². The van der Waals surface area contributed by atoms with Gasteiger partial charge in [0.2, 0.25) is 5.88 Å². The smallest absolute Gasteiger partial charge is 0.279 e. The van der Waals surface area contributed by atoms with E-state index in [2.05, 4.69) is 9.71 Å². The van der Waals surface area contributed by atoms with E-state index < -0.39 is 10.2 Å². The summed E-state index contributed by atoms with van der Waals surface area (Å²) >= 11 is 0. The minimum atomic E-state index is -3.46. The lowest BCUT2D eigenvalue weighted by Crippen LogP contribution is -2.43. The van der Waals surface area contributed by atoms with E-state index in [0.29, 0.717) is 31.3 Å². The molecule has 0 unspecified atom stereocenters. The topological polar surface area (TPSA) is 80.8 Å². The average Bonchev–Trinajstić information content (AvgIpc) is 2.69. The molecule has 1 aliphatic heterocycles. The van der Waals surface area contributed by atoms with E-state index >= 15 is 0 Å². The fraction of sp³-hybridized carbons (Fsp3) is 0.421. The van der Waals surface area contributed by atoms with Crippen LogP contribution in [-0.4, -0.2) is 37.4 Å². The SMILES string of the molecule is CCOc1ccc(Oc2cc(CNS(=O)(=O)N3CCCCC3)ccn2)cc1. The fourth-order valence-electron chi connectivity index (χ4n) is 2.88. The van der Waals surface area contributed by atoms with Crippen molar-refractivity contribution in [1.82, 2.24) is 14.0 Å². The van der Waals surface area contributed by atoms with Gasteiger partial charge in [0.1, 0.15) is 11.5 Å². The summed E-state index contributed by atoms with van der Waals surface area (Å²) in [5.41, 5.74) is 0.784. The molecule has 1 fully saturated rings. The van der Waals surface area contributed by atoms with E-state index in [1.165, 1.54) is 4.31 Å². The van der Waals surface area contributed by atoms with Gasteiger partial charge in [0.05, 0.1) is 6.61 Å². The summed E-state index contributed by atoms with van der Waals surface area (Å²) < 4.78 is 40.1. The molecule has 0 aliphatic carbocycles. The first-order valence-electron chi connectivity index (χ1n) is 9.17. The molecule has 0 spiro atoms. The molecular formula is C19H25N3O4S. The molecule has 2 aromatic rings. The number of hydrogen-bond donors (Lipinski definition) is 1. The third-order valence-electron chi connectivity index (χ3n) is 4.27. The monoisotopic (exact) mass is 391 g/mol. The first-order chi connectivity index (χ1) is 13.1. The second kappa shape index (κ2) is 9.16. The van der Waals surface area contributed by atoms with Gasteiger partial charge in [-0.3, -0.25) is 0 Å². The number of aromatic nitrogens is 1. The van der Waals surface area contributed by atoms with Crippen molar-refractivity contribution in [2.45, 2.75) is 32.7 Å². The molecule has 146 valence electrons. The highest BCUT2D eigenvalue weighted by atomic mass is 32.2. The van der Waals surface area contributed by atoms with Gasteiger partial charge in [0.25, 0.3) is 10.2 Å². The van der Waals surface area contributed by atoms with Crippen molar-refractivity contribution in [2.75, 3.05) is 19.7 Å². The molecule has 0 atom stereocenters. The second-order valence-corrected chi connectivity index (χ2v) is 8.05. The zero-order chi connectivity index (χ0) is 19.1. The van der Waals surface area contributed by atoms with Gasteiger partial charge in [0.15, 0.2) is 0 Å². The molecule has 1 saturated heterocycles. The lowest BCUT2D eigenvalue weighted by molar-refractivity contribution is 0.339. The van der Waals surface area contributed by atoms with Crippen molar-refractivity contribution in [3.05, 3.63) is 48.2 Å². The van der Waals surface area contributed by atoms with Crippen LogP contribution in [0, 0.1) is 0 Å². The van der Waals surface area contributed by atoms with Crippen molar-refractivity contribution < 1.29 is 17.9 Å². The lowest BCUT2D eigenvalue weighted by Gasteiger charge is -2.25. The third-order valence-corrected chi connectivity index (χ3v) is 5.82. The molecule has 1 N–H and O–H groups in total. The van der Waals surface area contributed by atoms with Crippen LogP contribution in [0.4, 0.5) is 0 Å². The molecule has 1 aromatic carbocycles. The molecule has 0 bridgehead atoms. The number of nitrogens with zero attached hydrogens (tertiary/aromatic N) is 2. The van der Waals surface area contributed by atoms with Crippen molar-refractivity contribution in [2.24, 2.45) is 0 Å². The maximum Gasteiger partial charge on any atom is 0.279 e. The van der Waals surface area contributed by atoms with E-state index in [0.717, 1.165) is 30.6 Å². The van der Waals surface area contributed by atoms with E-state index in [-0.39, 0.29) is 6.54 Å². The molecule has 0 saturated carbocycles. The molecule has 1 aromatic heterocycles. The Bertz CT molecular complexity index is 834. The Morgan fingerprint density at radius 3 is 2.48 bits per heavy atom. The van der Waals surface area contributed by atoms with Gasteiger partial charge in [-0.05, 0) is 55.7 Å². The van der Waals surface area contributed by atoms with E-state index in [1.54, 1.807) is 30.5 Å². The number of hydrogen-bond acceptors (Lipinski definition) is 5. The normalized spacial score (nSPS) is 15.4. The Labute approximate surface area is 160 Å². The molecule has 8 heteroatoms. The van der Waals surface area contributed by atoms with Crippen LogP contribution in [0.1, 0.15) is 31.7 Å². The van der Waals surface area contributed by atoms with E-state index in [9.17, 15) is 8.42 Å². The maximum absolute atomic E-state index is 12.4. The van der Waals surface area contributed by atoms with Crippen LogP contribution in [0.25, 0.3) is 0 Å². The van der Waals surface area contributed by atoms with Crippen molar-refractivity contribution in [3.63, 3.8) is 0 Å². The number of pyridine rings is 1. The summed E-state index contributed by atoms with van der Waals surface area (Å²) in [6.45, 7) is 3.90. The number of benzene rings is 1. The average molecular weight is 391 g/mol. The van der Waals surface area contributed by atoms with Crippen molar-refractivity contribution in [1.29, 1.82) is 0 Å². The molecule has 0 radical (unpaired) electrons. The number of nitrogens with one attached hydrogen (secondary N) is 1. The van der Waals surface area contributed by atoms with Crippen LogP contribution >= 0.6 is 0 Å². The van der Waals surface area contributed by atoms with Crippen molar-refractivity contribution in [3.8, 4) is 17.4 Å². The standard InChI is InChI=1S/C19H25N3O4S/c1-2-25-17-6-8-18(9-7-17)26-19-14-16(10-11-20-19)15-21-27(23,24)22-12-4-3-5-13-22/h6-11,14,21H,2-5,12-13,15H2,1H3. The summed E-state index contributed by atoms with van der Waals surface area (Å²) in [6, 6.07) is 10.8. The Hall–Kier alpha value is -2.16. The Kier molecular flexibility index (Phi) is 6.65. The summed E-state index contributed by atoms with van der Waals surface area (Å²) in [5, 5.41) is 0. The molecule has 27 heavy (non-hydrogen) atoms. The predicted molar refractivity (Wildman–Crippen MR) is 103 cm³/mol. The summed E-state index contributed by atoms with van der Waals surface area (Å²) in [6.07, 6.45) is 4.52. The van der Waals surface area contributed by atoms with Crippen molar-refractivity contribution >= 4 is 10.2 Å². The Balaban J connectivity index is 1.59. The van der Waals surface area contributed by atoms with E-state index in [4.69, 9.17) is 9.47 Å². The minimum absolute atomic E-state index is 0.195. The highest BCUT2D eigenvalue weighted by Crippen LogP contribution is 2.23. The van der Waals surface area contributed by atoms with Gasteiger partial charge in [0, 0.05) is 31.9 Å². The number of ether oxygens (including phenoxy) is 2. The maximum atomic E-state index is 12.4. The summed E-state index contributed by atoms with van der Waals surface area (Å²) in [4.78, 5) is 4.19. The van der Waals surface area contributed by atoms with Crippen LogP contribution < -0.4 is 14.2 Å². The lowest BCUT2D eigenvalue weighted by atomic mass is 10.2. The molecule has 1 aliphatic rings. The largest absolute Gasteiger partial charge is 0.494 e. The second-order valence-electron chi connectivity index (χ2n) is 6.29. The quantitative estimate of drug-likeness (QED) is 0.748. The minimum Gasteiger partial charge on any atom is -0.494 e. The highest BCUT2D eigenvalue weighted by Gasteiger charge is 2.23. The van der Waals surface area contributed by atoms with Gasteiger partial charge >= 0.3 is 0 Å². The van der Waals surface area contributed by atoms with Gasteiger partial charge in [-0.15, -0.1) is 0 Å². The molecule has 2 heterocycles. The van der Waals surface area contributed by atoms with Gasteiger partial charge in [-0.1, -0.05) is 6.42 Å². The molecule has 7 nitrogen and oxygen atoms in total. The zero-order valence-electron chi connectivity index (χ0n) is 15.4.